The lowest BCUT2D eigenvalue weighted by Gasteiger charge is -2.12. The first-order valence-electron chi connectivity index (χ1n) is 6.09. The summed E-state index contributed by atoms with van der Waals surface area (Å²) in [6.45, 7) is 3.45. The number of hydrogen-bond acceptors (Lipinski definition) is 4. The highest BCUT2D eigenvalue weighted by atomic mass is 32.2. The summed E-state index contributed by atoms with van der Waals surface area (Å²) >= 11 is 1.51. The third-order valence-electron chi connectivity index (χ3n) is 2.34. The summed E-state index contributed by atoms with van der Waals surface area (Å²) in [4.78, 5) is 11.8. The SMILES string of the molecule is CC(SCCOCCN)C(=O)Nc1ccc(F)cc1. The summed E-state index contributed by atoms with van der Waals surface area (Å²) in [5.41, 5.74) is 5.89. The van der Waals surface area contributed by atoms with E-state index in [2.05, 4.69) is 5.32 Å². The van der Waals surface area contributed by atoms with Crippen LogP contribution in [0.2, 0.25) is 0 Å². The van der Waals surface area contributed by atoms with E-state index >= 15 is 0 Å². The van der Waals surface area contributed by atoms with Gasteiger partial charge in [0.05, 0.1) is 18.5 Å². The number of nitrogens with one attached hydrogen (secondary N) is 1. The molecule has 0 aliphatic carbocycles. The predicted octanol–water partition coefficient (Wildman–Crippen LogP) is 1.86. The number of ether oxygens (including phenoxy) is 1. The molecular formula is C13H19FN2O2S. The second-order valence-corrected chi connectivity index (χ2v) is 5.36. The van der Waals surface area contributed by atoms with Gasteiger partial charge in [-0.05, 0) is 31.2 Å². The maximum Gasteiger partial charge on any atom is 0.237 e. The number of nitrogens with two attached hydrogens (primary N) is 1. The van der Waals surface area contributed by atoms with Crippen molar-refractivity contribution in [2.45, 2.75) is 12.2 Å². The molecule has 0 saturated heterocycles. The van der Waals surface area contributed by atoms with Crippen molar-refractivity contribution in [2.75, 3.05) is 30.8 Å². The minimum Gasteiger partial charge on any atom is -0.379 e. The summed E-state index contributed by atoms with van der Waals surface area (Å²) in [5, 5.41) is 2.55. The normalized spacial score (nSPS) is 12.2. The van der Waals surface area contributed by atoms with Crippen LogP contribution in [0.15, 0.2) is 24.3 Å². The Morgan fingerprint density at radius 1 is 1.42 bits per heavy atom. The van der Waals surface area contributed by atoms with E-state index in [1.165, 1.54) is 36.0 Å². The Balaban J connectivity index is 2.26. The van der Waals surface area contributed by atoms with Gasteiger partial charge in [0.2, 0.25) is 5.91 Å². The Hall–Kier alpha value is -1.11. The first-order chi connectivity index (χ1) is 9.13. The van der Waals surface area contributed by atoms with E-state index in [1.807, 2.05) is 6.92 Å². The van der Waals surface area contributed by atoms with E-state index in [9.17, 15) is 9.18 Å². The van der Waals surface area contributed by atoms with Gasteiger partial charge in [0, 0.05) is 18.0 Å². The van der Waals surface area contributed by atoms with Crippen molar-refractivity contribution < 1.29 is 13.9 Å². The van der Waals surface area contributed by atoms with Crippen LogP contribution in [0.3, 0.4) is 0 Å². The standard InChI is InChI=1S/C13H19FN2O2S/c1-10(19-9-8-18-7-6-15)13(17)16-12-4-2-11(14)3-5-12/h2-5,10H,6-9,15H2,1H3,(H,16,17). The van der Waals surface area contributed by atoms with Gasteiger partial charge in [-0.3, -0.25) is 4.79 Å². The zero-order chi connectivity index (χ0) is 14.1. The van der Waals surface area contributed by atoms with Crippen molar-refractivity contribution in [1.29, 1.82) is 0 Å². The highest BCUT2D eigenvalue weighted by Gasteiger charge is 2.13. The van der Waals surface area contributed by atoms with Crippen molar-refractivity contribution in [3.05, 3.63) is 30.1 Å². The molecule has 19 heavy (non-hydrogen) atoms. The first kappa shape index (κ1) is 15.9. The maximum absolute atomic E-state index is 12.7. The Kier molecular flexibility index (Phi) is 7.47. The van der Waals surface area contributed by atoms with Crippen LogP contribution in [-0.2, 0) is 9.53 Å². The number of thioether (sulfide) groups is 1. The van der Waals surface area contributed by atoms with Crippen LogP contribution in [0.25, 0.3) is 0 Å². The fourth-order valence-corrected chi connectivity index (χ4v) is 2.10. The third kappa shape index (κ3) is 6.56. The van der Waals surface area contributed by atoms with E-state index in [0.29, 0.717) is 25.4 Å². The Morgan fingerprint density at radius 3 is 2.74 bits per heavy atom. The second-order valence-electron chi connectivity index (χ2n) is 3.91. The Labute approximate surface area is 116 Å². The Morgan fingerprint density at radius 2 is 2.11 bits per heavy atom. The molecule has 0 aliphatic heterocycles. The van der Waals surface area contributed by atoms with Gasteiger partial charge in [0.25, 0.3) is 0 Å². The number of rotatable bonds is 8. The van der Waals surface area contributed by atoms with Gasteiger partial charge in [-0.25, -0.2) is 4.39 Å². The lowest BCUT2D eigenvalue weighted by Crippen LogP contribution is -2.23. The molecule has 0 aliphatic rings. The summed E-state index contributed by atoms with van der Waals surface area (Å²) < 4.78 is 17.9. The predicted molar refractivity (Wildman–Crippen MR) is 76.8 cm³/mol. The van der Waals surface area contributed by atoms with Crippen LogP contribution in [-0.4, -0.2) is 36.7 Å². The monoisotopic (exact) mass is 286 g/mol. The lowest BCUT2D eigenvalue weighted by molar-refractivity contribution is -0.115. The molecule has 1 aromatic rings. The molecule has 1 atom stereocenters. The van der Waals surface area contributed by atoms with Gasteiger partial charge >= 0.3 is 0 Å². The summed E-state index contributed by atoms with van der Waals surface area (Å²) in [5.74, 6) is 0.311. The first-order valence-corrected chi connectivity index (χ1v) is 7.14. The van der Waals surface area contributed by atoms with Crippen LogP contribution < -0.4 is 11.1 Å². The van der Waals surface area contributed by atoms with Crippen LogP contribution in [0.1, 0.15) is 6.92 Å². The number of carbonyl (C=O) groups excluding carboxylic acids is 1. The molecule has 0 bridgehead atoms. The molecule has 3 N–H and O–H groups in total. The largest absolute Gasteiger partial charge is 0.379 e. The molecule has 1 rings (SSSR count). The highest BCUT2D eigenvalue weighted by molar-refractivity contribution is 8.00. The average Bonchev–Trinajstić information content (AvgIpc) is 2.41. The van der Waals surface area contributed by atoms with Gasteiger partial charge < -0.3 is 15.8 Å². The number of amides is 1. The second kappa shape index (κ2) is 8.90. The van der Waals surface area contributed by atoms with E-state index in [0.717, 1.165) is 5.75 Å². The lowest BCUT2D eigenvalue weighted by atomic mass is 10.3. The molecule has 106 valence electrons. The molecule has 0 aromatic heterocycles. The average molecular weight is 286 g/mol. The molecule has 0 spiro atoms. The number of hydrogen-bond donors (Lipinski definition) is 2. The quantitative estimate of drug-likeness (QED) is 0.716. The van der Waals surface area contributed by atoms with Crippen LogP contribution >= 0.6 is 11.8 Å². The van der Waals surface area contributed by atoms with Crippen LogP contribution in [0.4, 0.5) is 10.1 Å². The van der Waals surface area contributed by atoms with Gasteiger partial charge in [0.1, 0.15) is 5.82 Å². The van der Waals surface area contributed by atoms with Gasteiger partial charge in [-0.1, -0.05) is 0 Å². The minimum atomic E-state index is -0.322. The summed E-state index contributed by atoms with van der Waals surface area (Å²) in [7, 11) is 0. The van der Waals surface area contributed by atoms with Crippen molar-refractivity contribution in [3.63, 3.8) is 0 Å². The molecule has 0 saturated carbocycles. The van der Waals surface area contributed by atoms with Crippen LogP contribution in [0, 0.1) is 5.82 Å². The summed E-state index contributed by atoms with van der Waals surface area (Å²) in [6.07, 6.45) is 0. The molecule has 1 unspecified atom stereocenters. The summed E-state index contributed by atoms with van der Waals surface area (Å²) in [6, 6.07) is 5.70. The topological polar surface area (TPSA) is 64.3 Å². The molecule has 1 amide bonds. The number of halogens is 1. The van der Waals surface area contributed by atoms with Crippen molar-refractivity contribution >= 4 is 23.4 Å². The van der Waals surface area contributed by atoms with E-state index in [1.54, 1.807) is 0 Å². The Bertz CT molecular complexity index is 387. The number of carbonyl (C=O) groups is 1. The molecule has 0 radical (unpaired) electrons. The van der Waals surface area contributed by atoms with Gasteiger partial charge in [-0.15, -0.1) is 11.8 Å². The smallest absolute Gasteiger partial charge is 0.237 e. The van der Waals surface area contributed by atoms with E-state index in [-0.39, 0.29) is 17.0 Å². The van der Waals surface area contributed by atoms with Crippen molar-refractivity contribution in [2.24, 2.45) is 5.73 Å². The molecule has 1 aromatic carbocycles. The molecule has 6 heteroatoms. The zero-order valence-electron chi connectivity index (χ0n) is 10.9. The van der Waals surface area contributed by atoms with Crippen molar-refractivity contribution in [3.8, 4) is 0 Å². The van der Waals surface area contributed by atoms with E-state index < -0.39 is 0 Å². The third-order valence-corrected chi connectivity index (χ3v) is 3.46. The highest BCUT2D eigenvalue weighted by Crippen LogP contribution is 2.14. The molecular weight excluding hydrogens is 267 g/mol. The minimum absolute atomic E-state index is 0.101. The molecule has 0 fully saturated rings. The number of benzene rings is 1. The van der Waals surface area contributed by atoms with E-state index in [4.69, 9.17) is 10.5 Å². The number of anilines is 1. The fraction of sp³-hybridized carbons (Fsp3) is 0.462. The molecule has 0 heterocycles. The van der Waals surface area contributed by atoms with Crippen molar-refractivity contribution in [1.82, 2.24) is 0 Å². The van der Waals surface area contributed by atoms with Crippen LogP contribution in [0.5, 0.6) is 0 Å². The van der Waals surface area contributed by atoms with Gasteiger partial charge in [0.15, 0.2) is 0 Å². The zero-order valence-corrected chi connectivity index (χ0v) is 11.7. The fourth-order valence-electron chi connectivity index (χ4n) is 1.32. The molecule has 4 nitrogen and oxygen atoms in total. The maximum atomic E-state index is 12.7. The van der Waals surface area contributed by atoms with Gasteiger partial charge in [-0.2, -0.15) is 0 Å².